The Balaban J connectivity index is 2.23. The van der Waals surface area contributed by atoms with Crippen LogP contribution in [0.2, 0.25) is 0 Å². The fraction of sp³-hybridized carbons (Fsp3) is 0.321. The van der Waals surface area contributed by atoms with Crippen molar-refractivity contribution in [1.29, 1.82) is 0 Å². The van der Waals surface area contributed by atoms with Crippen LogP contribution in [-0.2, 0) is 16.7 Å². The van der Waals surface area contributed by atoms with E-state index in [1.165, 1.54) is 24.3 Å². The average molecular weight is 591 g/mol. The van der Waals surface area contributed by atoms with Crippen molar-refractivity contribution in [2.45, 2.75) is 43.2 Å². The highest BCUT2D eigenvalue weighted by Gasteiger charge is 2.45. The van der Waals surface area contributed by atoms with E-state index in [1.54, 1.807) is 30.3 Å². The highest BCUT2D eigenvalue weighted by Crippen LogP contribution is 2.38. The number of nitrogens with one attached hydrogen (secondary N) is 1. The van der Waals surface area contributed by atoms with Gasteiger partial charge in [-0.05, 0) is 47.4 Å². The summed E-state index contributed by atoms with van der Waals surface area (Å²) in [6.07, 6.45) is -17.7. The predicted molar refractivity (Wildman–Crippen MR) is 131 cm³/mol. The van der Waals surface area contributed by atoms with Crippen molar-refractivity contribution in [2.24, 2.45) is 0 Å². The normalized spacial score (nSPS) is 14.4. The van der Waals surface area contributed by atoms with Gasteiger partial charge in [0.05, 0.1) is 30.7 Å². The van der Waals surface area contributed by atoms with Gasteiger partial charge in [0.15, 0.2) is 0 Å². The summed E-state index contributed by atoms with van der Waals surface area (Å²) in [5.74, 6) is -2.87. The molecule has 0 aliphatic heterocycles. The number of carbonyl (C=O) groups is 1. The monoisotopic (exact) mass is 591 g/mol. The zero-order chi connectivity index (χ0) is 30.4. The minimum Gasteiger partial charge on any atom is -0.465 e. The molecule has 0 radical (unpaired) electrons. The number of rotatable bonds is 12. The Bertz CT molecular complexity index is 1300. The second-order valence-corrected chi connectivity index (χ2v) is 9.13. The molecule has 0 amide bonds. The second kappa shape index (κ2) is 12.9. The molecule has 0 aliphatic carbocycles. The van der Waals surface area contributed by atoms with Crippen LogP contribution in [0.5, 0.6) is 5.75 Å². The van der Waals surface area contributed by atoms with Gasteiger partial charge in [0.25, 0.3) is 0 Å². The van der Waals surface area contributed by atoms with E-state index in [0.29, 0.717) is 11.6 Å². The van der Waals surface area contributed by atoms with Gasteiger partial charge < -0.3 is 19.9 Å². The zero-order valence-corrected chi connectivity index (χ0v) is 21.4. The SMILES string of the molecule is COC(=O)c1ccc([C@@](Cc2ccccc2)(NC[C@H](O)CC(F)(F)F)c2cc(F)cc(OC(F)(F)C(F)F)c2)cc1. The molecule has 222 valence electrons. The van der Waals surface area contributed by atoms with Crippen LogP contribution >= 0.6 is 0 Å². The molecule has 13 heteroatoms. The van der Waals surface area contributed by atoms with Crippen LogP contribution < -0.4 is 10.1 Å². The molecule has 2 atom stereocenters. The molecule has 0 saturated carbocycles. The number of aliphatic hydroxyl groups is 1. The first-order chi connectivity index (χ1) is 19.1. The maximum atomic E-state index is 14.8. The van der Waals surface area contributed by atoms with Crippen LogP contribution in [0.25, 0.3) is 0 Å². The van der Waals surface area contributed by atoms with E-state index in [0.717, 1.165) is 19.2 Å². The first-order valence-corrected chi connectivity index (χ1v) is 12.0. The lowest BCUT2D eigenvalue weighted by Gasteiger charge is -2.38. The molecule has 0 saturated heterocycles. The molecule has 2 N–H and O–H groups in total. The summed E-state index contributed by atoms with van der Waals surface area (Å²) in [7, 11) is 1.14. The molecule has 0 aromatic heterocycles. The molecule has 3 rings (SSSR count). The van der Waals surface area contributed by atoms with Crippen molar-refractivity contribution in [3.63, 3.8) is 0 Å². The maximum absolute atomic E-state index is 14.8. The molecule has 0 unspecified atom stereocenters. The summed E-state index contributed by atoms with van der Waals surface area (Å²) in [4.78, 5) is 12.0. The van der Waals surface area contributed by atoms with Gasteiger partial charge in [0.2, 0.25) is 0 Å². The molecule has 0 fully saturated rings. The molecule has 5 nitrogen and oxygen atoms in total. The number of methoxy groups -OCH3 is 1. The van der Waals surface area contributed by atoms with Gasteiger partial charge in [0, 0.05) is 12.6 Å². The lowest BCUT2D eigenvalue weighted by atomic mass is 9.77. The van der Waals surface area contributed by atoms with Crippen molar-refractivity contribution in [1.82, 2.24) is 5.32 Å². The maximum Gasteiger partial charge on any atom is 0.461 e. The van der Waals surface area contributed by atoms with Crippen molar-refractivity contribution in [2.75, 3.05) is 13.7 Å². The summed E-state index contributed by atoms with van der Waals surface area (Å²) < 4.78 is 116. The number of halogens is 8. The Morgan fingerprint density at radius 2 is 1.56 bits per heavy atom. The number of alkyl halides is 7. The summed E-state index contributed by atoms with van der Waals surface area (Å²) in [5.41, 5.74) is -1.14. The molecular weight excluding hydrogens is 566 g/mol. The van der Waals surface area contributed by atoms with Crippen LogP contribution in [0.3, 0.4) is 0 Å². The van der Waals surface area contributed by atoms with Crippen molar-refractivity contribution >= 4 is 5.97 Å². The standard InChI is InChI=1S/C28H25F8NO4/c1-40-24(39)18-7-9-19(10-8-18)26(14-17-5-3-2-4-6-17,37-16-22(38)15-27(32,33)34)20-11-21(29)13-23(12-20)41-28(35,36)25(30)31/h2-13,22,25,37-38H,14-16H2,1H3/t22-,26-/m1/s1. The molecule has 0 spiro atoms. The highest BCUT2D eigenvalue weighted by molar-refractivity contribution is 5.89. The Labute approximate surface area is 229 Å². The highest BCUT2D eigenvalue weighted by atomic mass is 19.4. The fourth-order valence-corrected chi connectivity index (χ4v) is 4.25. The van der Waals surface area contributed by atoms with Crippen LogP contribution in [0.1, 0.15) is 33.5 Å². The Morgan fingerprint density at radius 1 is 0.927 bits per heavy atom. The average Bonchev–Trinajstić information content (AvgIpc) is 2.89. The number of ether oxygens (including phenoxy) is 2. The first kappa shape index (κ1) is 31.8. The smallest absolute Gasteiger partial charge is 0.461 e. The Morgan fingerprint density at radius 3 is 2.12 bits per heavy atom. The number of esters is 1. The van der Waals surface area contributed by atoms with E-state index in [2.05, 4.69) is 14.8 Å². The lowest BCUT2D eigenvalue weighted by molar-refractivity contribution is -0.253. The quantitative estimate of drug-likeness (QED) is 0.193. The second-order valence-electron chi connectivity index (χ2n) is 9.13. The first-order valence-electron chi connectivity index (χ1n) is 12.0. The third kappa shape index (κ3) is 8.40. The molecule has 0 aliphatic rings. The van der Waals surface area contributed by atoms with Gasteiger partial charge in [-0.2, -0.15) is 30.7 Å². The van der Waals surface area contributed by atoms with Gasteiger partial charge >= 0.3 is 24.7 Å². The summed E-state index contributed by atoms with van der Waals surface area (Å²) >= 11 is 0. The topological polar surface area (TPSA) is 67.8 Å². The summed E-state index contributed by atoms with van der Waals surface area (Å²) in [6.45, 7) is -0.717. The van der Waals surface area contributed by atoms with Crippen LogP contribution in [0.15, 0.2) is 72.8 Å². The summed E-state index contributed by atoms with van der Waals surface area (Å²) in [6, 6.07) is 15.8. The largest absolute Gasteiger partial charge is 0.465 e. The van der Waals surface area contributed by atoms with E-state index in [-0.39, 0.29) is 23.1 Å². The number of carbonyl (C=O) groups excluding carboxylic acids is 1. The lowest BCUT2D eigenvalue weighted by Crippen LogP contribution is -2.49. The Kier molecular flexibility index (Phi) is 9.98. The van der Waals surface area contributed by atoms with Gasteiger partial charge in [-0.25, -0.2) is 9.18 Å². The van der Waals surface area contributed by atoms with Gasteiger partial charge in [-0.15, -0.1) is 0 Å². The number of hydrogen-bond donors (Lipinski definition) is 2. The Hall–Kier alpha value is -3.71. The van der Waals surface area contributed by atoms with Gasteiger partial charge in [-0.1, -0.05) is 42.5 Å². The summed E-state index contributed by atoms with van der Waals surface area (Å²) in [5, 5.41) is 13.0. The van der Waals surface area contributed by atoms with Gasteiger partial charge in [-0.3, -0.25) is 0 Å². The molecule has 3 aromatic carbocycles. The third-order valence-corrected chi connectivity index (χ3v) is 6.09. The van der Waals surface area contributed by atoms with Crippen LogP contribution in [0.4, 0.5) is 35.1 Å². The van der Waals surface area contributed by atoms with Crippen LogP contribution in [0, 0.1) is 5.82 Å². The van der Waals surface area contributed by atoms with E-state index >= 15 is 0 Å². The molecule has 41 heavy (non-hydrogen) atoms. The zero-order valence-electron chi connectivity index (χ0n) is 21.4. The molecule has 0 bridgehead atoms. The molecular formula is C28H25F8NO4. The number of hydrogen-bond acceptors (Lipinski definition) is 5. The minimum absolute atomic E-state index is 0.0850. The van der Waals surface area contributed by atoms with Gasteiger partial charge in [0.1, 0.15) is 11.6 Å². The third-order valence-electron chi connectivity index (χ3n) is 6.09. The minimum atomic E-state index is -4.98. The van der Waals surface area contributed by atoms with E-state index < -0.39 is 60.9 Å². The fourth-order valence-electron chi connectivity index (χ4n) is 4.25. The van der Waals surface area contributed by atoms with Crippen LogP contribution in [-0.4, -0.2) is 49.5 Å². The van der Waals surface area contributed by atoms with Crippen molar-refractivity contribution in [3.8, 4) is 5.75 Å². The predicted octanol–water partition coefficient (Wildman–Crippen LogP) is 6.24. The van der Waals surface area contributed by atoms with E-state index in [1.807, 2.05) is 0 Å². The number of aliphatic hydroxyl groups excluding tert-OH is 1. The van der Waals surface area contributed by atoms with Crippen molar-refractivity contribution in [3.05, 3.63) is 101 Å². The van der Waals surface area contributed by atoms with E-state index in [9.17, 15) is 45.0 Å². The number of benzene rings is 3. The van der Waals surface area contributed by atoms with Crippen molar-refractivity contribution < 1.29 is 54.5 Å². The molecule has 0 heterocycles. The molecule has 3 aromatic rings. The van der Waals surface area contributed by atoms with E-state index in [4.69, 9.17) is 0 Å².